The van der Waals surface area contributed by atoms with Gasteiger partial charge in [0, 0.05) is 10.6 Å². The maximum absolute atomic E-state index is 13.1. The molecule has 0 spiro atoms. The van der Waals surface area contributed by atoms with Gasteiger partial charge in [0.05, 0.1) is 12.8 Å². The molecule has 4 amide bonds. The lowest BCUT2D eigenvalue weighted by atomic mass is 9.99. The van der Waals surface area contributed by atoms with Gasteiger partial charge < -0.3 is 4.74 Å². The second-order valence-electron chi connectivity index (χ2n) is 6.34. The highest BCUT2D eigenvalue weighted by Gasteiger charge is 2.37. The predicted molar refractivity (Wildman–Crippen MR) is 111 cm³/mol. The molecule has 144 valence electrons. The number of nitrogens with one attached hydrogen (secondary N) is 1. The molecule has 1 fully saturated rings. The Bertz CT molecular complexity index is 1200. The highest BCUT2D eigenvalue weighted by molar-refractivity contribution is 6.39. The van der Waals surface area contributed by atoms with Gasteiger partial charge in [-0.3, -0.25) is 14.9 Å². The normalized spacial score (nSPS) is 15.7. The Hall–Kier alpha value is -3.64. The van der Waals surface area contributed by atoms with Gasteiger partial charge in [0.25, 0.3) is 11.8 Å². The Balaban J connectivity index is 1.87. The van der Waals surface area contributed by atoms with Crippen molar-refractivity contribution in [3.05, 3.63) is 76.8 Å². The number of amides is 4. The smallest absolute Gasteiger partial charge is 0.335 e. The van der Waals surface area contributed by atoms with E-state index in [4.69, 9.17) is 16.3 Å². The highest BCUT2D eigenvalue weighted by Crippen LogP contribution is 2.31. The zero-order chi connectivity index (χ0) is 20.5. The van der Waals surface area contributed by atoms with Crippen molar-refractivity contribution in [3.63, 3.8) is 0 Å². The van der Waals surface area contributed by atoms with Crippen LogP contribution in [0.3, 0.4) is 0 Å². The summed E-state index contributed by atoms with van der Waals surface area (Å²) in [6.07, 6.45) is 1.45. The number of halogens is 1. The number of barbiturate groups is 1. The molecule has 7 heteroatoms. The molecule has 0 aliphatic carbocycles. The fourth-order valence-corrected chi connectivity index (χ4v) is 3.44. The van der Waals surface area contributed by atoms with Gasteiger partial charge >= 0.3 is 6.03 Å². The fraction of sp³-hybridized carbons (Fsp3) is 0.0455. The van der Waals surface area contributed by atoms with E-state index in [1.807, 2.05) is 30.3 Å². The number of imide groups is 2. The number of carbonyl (C=O) groups excluding carboxylic acids is 3. The van der Waals surface area contributed by atoms with Crippen molar-refractivity contribution in [1.82, 2.24) is 5.32 Å². The highest BCUT2D eigenvalue weighted by atomic mass is 35.5. The van der Waals surface area contributed by atoms with Crippen LogP contribution in [0.4, 0.5) is 10.5 Å². The molecule has 1 heterocycles. The van der Waals surface area contributed by atoms with Gasteiger partial charge in [0.15, 0.2) is 0 Å². The minimum absolute atomic E-state index is 0.181. The molecule has 0 aromatic heterocycles. The predicted octanol–water partition coefficient (Wildman–Crippen LogP) is 4.17. The number of benzene rings is 3. The lowest BCUT2D eigenvalue weighted by Gasteiger charge is -2.26. The van der Waals surface area contributed by atoms with Crippen molar-refractivity contribution in [3.8, 4) is 5.75 Å². The van der Waals surface area contributed by atoms with Gasteiger partial charge in [0.2, 0.25) is 0 Å². The van der Waals surface area contributed by atoms with Crippen LogP contribution in [0.2, 0.25) is 5.02 Å². The van der Waals surface area contributed by atoms with Crippen molar-refractivity contribution < 1.29 is 19.1 Å². The molecular formula is C22H15ClN2O4. The maximum atomic E-state index is 13.1. The van der Waals surface area contributed by atoms with E-state index in [9.17, 15) is 14.4 Å². The number of urea groups is 1. The number of rotatable bonds is 3. The van der Waals surface area contributed by atoms with Crippen molar-refractivity contribution in [2.24, 2.45) is 0 Å². The average molecular weight is 407 g/mol. The zero-order valence-electron chi connectivity index (χ0n) is 15.3. The molecule has 3 aromatic carbocycles. The van der Waals surface area contributed by atoms with E-state index in [-0.39, 0.29) is 11.3 Å². The number of fused-ring (bicyclic) bond motifs is 1. The molecule has 1 N–H and O–H groups in total. The van der Waals surface area contributed by atoms with E-state index >= 15 is 0 Å². The Morgan fingerprint density at radius 1 is 1.00 bits per heavy atom. The van der Waals surface area contributed by atoms with Gasteiger partial charge in [-0.1, -0.05) is 48.0 Å². The Kier molecular flexibility index (Phi) is 4.78. The van der Waals surface area contributed by atoms with E-state index < -0.39 is 17.8 Å². The number of ether oxygens (including phenoxy) is 1. The molecule has 1 saturated heterocycles. The van der Waals surface area contributed by atoms with Crippen LogP contribution in [0.5, 0.6) is 5.75 Å². The zero-order valence-corrected chi connectivity index (χ0v) is 16.1. The summed E-state index contributed by atoms with van der Waals surface area (Å²) >= 11 is 5.99. The Labute approximate surface area is 171 Å². The summed E-state index contributed by atoms with van der Waals surface area (Å²) in [7, 11) is 1.51. The van der Waals surface area contributed by atoms with Gasteiger partial charge in [-0.2, -0.15) is 0 Å². The van der Waals surface area contributed by atoms with Gasteiger partial charge in [0.1, 0.15) is 11.3 Å². The van der Waals surface area contributed by atoms with Gasteiger partial charge in [-0.25, -0.2) is 9.69 Å². The van der Waals surface area contributed by atoms with E-state index in [0.717, 1.165) is 15.7 Å². The molecule has 1 aliphatic rings. The Morgan fingerprint density at radius 3 is 2.55 bits per heavy atom. The second-order valence-corrected chi connectivity index (χ2v) is 6.78. The summed E-state index contributed by atoms with van der Waals surface area (Å²) in [5.41, 5.74) is 0.659. The topological polar surface area (TPSA) is 75.7 Å². The molecule has 29 heavy (non-hydrogen) atoms. The molecule has 0 unspecified atom stereocenters. The minimum atomic E-state index is -0.829. The van der Waals surface area contributed by atoms with Crippen molar-refractivity contribution in [1.29, 1.82) is 0 Å². The molecule has 3 aromatic rings. The third-order valence-corrected chi connectivity index (χ3v) is 4.84. The summed E-state index contributed by atoms with van der Waals surface area (Å²) in [5.74, 6) is -1.01. The maximum Gasteiger partial charge on any atom is 0.335 e. The van der Waals surface area contributed by atoms with Gasteiger partial charge in [-0.05, 0) is 41.1 Å². The van der Waals surface area contributed by atoms with E-state index in [1.165, 1.54) is 19.3 Å². The lowest BCUT2D eigenvalue weighted by Crippen LogP contribution is -2.54. The molecule has 0 atom stereocenters. The quantitative estimate of drug-likeness (QED) is 0.523. The molecule has 6 nitrogen and oxygen atoms in total. The molecule has 0 radical (unpaired) electrons. The van der Waals surface area contributed by atoms with Crippen molar-refractivity contribution >= 4 is 52.0 Å². The van der Waals surface area contributed by atoms with Crippen LogP contribution >= 0.6 is 11.6 Å². The van der Waals surface area contributed by atoms with Gasteiger partial charge in [-0.15, -0.1) is 0 Å². The number of nitrogens with zero attached hydrogens (tertiary/aromatic N) is 1. The van der Waals surface area contributed by atoms with Crippen LogP contribution in [0.1, 0.15) is 5.56 Å². The number of anilines is 1. The van der Waals surface area contributed by atoms with E-state index in [1.54, 1.807) is 24.3 Å². The molecule has 0 saturated carbocycles. The van der Waals surface area contributed by atoms with Crippen LogP contribution in [0, 0.1) is 0 Å². The second kappa shape index (κ2) is 7.41. The van der Waals surface area contributed by atoms with Crippen LogP contribution in [-0.4, -0.2) is 25.0 Å². The standard InChI is InChI=1S/C22H15ClN2O4/c1-29-19-10-9-13-5-2-3-8-16(13)17(19)12-18-20(26)24-22(28)25(21(18)27)15-7-4-6-14(23)11-15/h2-12H,1H3,(H,24,26,28)/b18-12+. The summed E-state index contributed by atoms with van der Waals surface area (Å²) in [5, 5.41) is 4.30. The lowest BCUT2D eigenvalue weighted by molar-refractivity contribution is -0.122. The van der Waals surface area contributed by atoms with Crippen LogP contribution in [-0.2, 0) is 9.59 Å². The number of methoxy groups -OCH3 is 1. The van der Waals surface area contributed by atoms with Crippen LogP contribution in [0.15, 0.2) is 66.2 Å². The molecule has 0 bridgehead atoms. The number of hydrogen-bond donors (Lipinski definition) is 1. The largest absolute Gasteiger partial charge is 0.496 e. The van der Waals surface area contributed by atoms with Crippen molar-refractivity contribution in [2.45, 2.75) is 0 Å². The fourth-order valence-electron chi connectivity index (χ4n) is 3.25. The minimum Gasteiger partial charge on any atom is -0.496 e. The molecule has 1 aliphatic heterocycles. The van der Waals surface area contributed by atoms with Crippen molar-refractivity contribution in [2.75, 3.05) is 12.0 Å². The van der Waals surface area contributed by atoms with Crippen LogP contribution < -0.4 is 15.0 Å². The number of hydrogen-bond acceptors (Lipinski definition) is 4. The first-order valence-electron chi connectivity index (χ1n) is 8.72. The first-order chi connectivity index (χ1) is 14.0. The summed E-state index contributed by atoms with van der Waals surface area (Å²) < 4.78 is 5.43. The monoisotopic (exact) mass is 406 g/mol. The summed E-state index contributed by atoms with van der Waals surface area (Å²) in [6.45, 7) is 0. The first-order valence-corrected chi connectivity index (χ1v) is 9.10. The van der Waals surface area contributed by atoms with E-state index in [2.05, 4.69) is 5.32 Å². The first kappa shape index (κ1) is 18.7. The number of carbonyl (C=O) groups is 3. The van der Waals surface area contributed by atoms with Crippen LogP contribution in [0.25, 0.3) is 16.8 Å². The Morgan fingerprint density at radius 2 is 1.79 bits per heavy atom. The third-order valence-electron chi connectivity index (χ3n) is 4.61. The summed E-state index contributed by atoms with van der Waals surface area (Å²) in [6, 6.07) is 16.6. The average Bonchev–Trinajstić information content (AvgIpc) is 2.71. The third kappa shape index (κ3) is 3.34. The summed E-state index contributed by atoms with van der Waals surface area (Å²) in [4.78, 5) is 38.8. The molecular weight excluding hydrogens is 392 g/mol. The van der Waals surface area contributed by atoms with E-state index in [0.29, 0.717) is 16.3 Å². The molecule has 4 rings (SSSR count). The SMILES string of the molecule is COc1ccc2ccccc2c1/C=C1\C(=O)NC(=O)N(c2cccc(Cl)c2)C1=O.